The number of aromatic nitrogens is 1. The summed E-state index contributed by atoms with van der Waals surface area (Å²) in [6.45, 7) is 1.32. The topological polar surface area (TPSA) is 59.2 Å². The summed E-state index contributed by atoms with van der Waals surface area (Å²) in [5.41, 5.74) is 6.79. The molecule has 0 aromatic carbocycles. The van der Waals surface area contributed by atoms with E-state index in [0.717, 1.165) is 5.56 Å². The predicted molar refractivity (Wildman–Crippen MR) is 52.2 cm³/mol. The van der Waals surface area contributed by atoms with E-state index in [9.17, 15) is 4.79 Å². The van der Waals surface area contributed by atoms with Gasteiger partial charge in [0.05, 0.1) is 0 Å². The van der Waals surface area contributed by atoms with Crippen LogP contribution in [-0.2, 0) is 11.3 Å². The van der Waals surface area contributed by atoms with Gasteiger partial charge in [-0.1, -0.05) is 0 Å². The van der Waals surface area contributed by atoms with E-state index in [0.29, 0.717) is 19.5 Å². The molecule has 1 amide bonds. The molecule has 4 nitrogen and oxygen atoms in total. The van der Waals surface area contributed by atoms with Gasteiger partial charge in [0.15, 0.2) is 0 Å². The molecule has 1 saturated heterocycles. The summed E-state index contributed by atoms with van der Waals surface area (Å²) in [6.07, 6.45) is 3.94. The molecule has 14 heavy (non-hydrogen) atoms. The lowest BCUT2D eigenvalue weighted by atomic mass is 10.2. The van der Waals surface area contributed by atoms with Crippen LogP contribution in [0.1, 0.15) is 12.0 Å². The molecule has 1 unspecified atom stereocenters. The fourth-order valence-electron chi connectivity index (χ4n) is 1.66. The van der Waals surface area contributed by atoms with Crippen LogP contribution in [0.15, 0.2) is 24.5 Å². The minimum atomic E-state index is 0.00402. The number of amides is 1. The van der Waals surface area contributed by atoms with Crippen LogP contribution < -0.4 is 5.73 Å². The molecule has 2 rings (SSSR count). The molecule has 1 atom stereocenters. The zero-order valence-electron chi connectivity index (χ0n) is 7.89. The molecule has 1 aromatic heterocycles. The van der Waals surface area contributed by atoms with Crippen molar-refractivity contribution in [3.05, 3.63) is 30.1 Å². The lowest BCUT2D eigenvalue weighted by molar-refractivity contribution is -0.128. The highest BCUT2D eigenvalue weighted by atomic mass is 16.2. The molecule has 2 heterocycles. The van der Waals surface area contributed by atoms with Crippen molar-refractivity contribution in [2.75, 3.05) is 6.54 Å². The summed E-state index contributed by atoms with van der Waals surface area (Å²) in [7, 11) is 0. The molecule has 1 aliphatic heterocycles. The second-order valence-corrected chi connectivity index (χ2v) is 3.59. The fourth-order valence-corrected chi connectivity index (χ4v) is 1.66. The van der Waals surface area contributed by atoms with Crippen molar-refractivity contribution in [3.8, 4) is 0 Å². The van der Waals surface area contributed by atoms with Gasteiger partial charge in [0.2, 0.25) is 5.91 Å². The van der Waals surface area contributed by atoms with Crippen molar-refractivity contribution < 1.29 is 4.79 Å². The standard InChI is InChI=1S/C10H13N3O/c11-9-5-10(14)13(7-9)6-8-1-3-12-4-2-8/h1-4,9H,5-7,11H2. The summed E-state index contributed by atoms with van der Waals surface area (Å²) < 4.78 is 0. The fraction of sp³-hybridized carbons (Fsp3) is 0.400. The Balaban J connectivity index is 2.02. The highest BCUT2D eigenvalue weighted by molar-refractivity contribution is 5.79. The second-order valence-electron chi connectivity index (χ2n) is 3.59. The van der Waals surface area contributed by atoms with E-state index >= 15 is 0 Å². The minimum absolute atomic E-state index is 0.00402. The lowest BCUT2D eigenvalue weighted by Crippen LogP contribution is -2.27. The molecule has 0 saturated carbocycles. The number of carbonyl (C=O) groups is 1. The Kier molecular flexibility index (Phi) is 2.45. The van der Waals surface area contributed by atoms with E-state index in [2.05, 4.69) is 4.98 Å². The average Bonchev–Trinajstić information content (AvgIpc) is 2.47. The highest BCUT2D eigenvalue weighted by Gasteiger charge is 2.26. The summed E-state index contributed by atoms with van der Waals surface area (Å²) in [5.74, 6) is 0.148. The van der Waals surface area contributed by atoms with Crippen molar-refractivity contribution in [2.45, 2.75) is 19.0 Å². The first-order valence-electron chi connectivity index (χ1n) is 4.68. The minimum Gasteiger partial charge on any atom is -0.337 e. The Hall–Kier alpha value is -1.42. The third-order valence-corrected chi connectivity index (χ3v) is 2.37. The van der Waals surface area contributed by atoms with E-state index in [-0.39, 0.29) is 11.9 Å². The molecule has 0 spiro atoms. The third-order valence-electron chi connectivity index (χ3n) is 2.37. The number of likely N-dealkylation sites (tertiary alicyclic amines) is 1. The summed E-state index contributed by atoms with van der Waals surface area (Å²) in [4.78, 5) is 17.1. The molecule has 0 bridgehead atoms. The molecule has 74 valence electrons. The molecular formula is C10H13N3O. The van der Waals surface area contributed by atoms with Gasteiger partial charge in [-0.2, -0.15) is 0 Å². The van der Waals surface area contributed by atoms with Crippen molar-refractivity contribution in [2.24, 2.45) is 5.73 Å². The van der Waals surface area contributed by atoms with E-state index < -0.39 is 0 Å². The lowest BCUT2D eigenvalue weighted by Gasteiger charge is -2.15. The van der Waals surface area contributed by atoms with E-state index in [1.54, 1.807) is 17.3 Å². The molecule has 1 aromatic rings. The van der Waals surface area contributed by atoms with Crippen LogP contribution in [0, 0.1) is 0 Å². The maximum absolute atomic E-state index is 11.4. The van der Waals surface area contributed by atoms with Gasteiger partial charge in [0.1, 0.15) is 0 Å². The molecular weight excluding hydrogens is 178 g/mol. The second kappa shape index (κ2) is 3.75. The third kappa shape index (κ3) is 1.90. The average molecular weight is 191 g/mol. The SMILES string of the molecule is NC1CC(=O)N(Cc2ccncc2)C1. The van der Waals surface area contributed by atoms with Gasteiger partial charge in [-0.15, -0.1) is 0 Å². The van der Waals surface area contributed by atoms with Crippen LogP contribution in [-0.4, -0.2) is 28.4 Å². The van der Waals surface area contributed by atoms with Crippen molar-refractivity contribution in [1.29, 1.82) is 0 Å². The monoisotopic (exact) mass is 191 g/mol. The van der Waals surface area contributed by atoms with Gasteiger partial charge >= 0.3 is 0 Å². The van der Waals surface area contributed by atoms with Crippen LogP contribution in [0.5, 0.6) is 0 Å². The molecule has 0 radical (unpaired) electrons. The molecule has 4 heteroatoms. The predicted octanol–water partition coefficient (Wildman–Crippen LogP) is 0.141. The van der Waals surface area contributed by atoms with Crippen LogP contribution in [0.3, 0.4) is 0 Å². The maximum atomic E-state index is 11.4. The van der Waals surface area contributed by atoms with Crippen LogP contribution in [0.25, 0.3) is 0 Å². The molecule has 0 aliphatic carbocycles. The Morgan fingerprint density at radius 3 is 2.79 bits per heavy atom. The highest BCUT2D eigenvalue weighted by Crippen LogP contribution is 2.12. The Morgan fingerprint density at radius 1 is 1.50 bits per heavy atom. The Morgan fingerprint density at radius 2 is 2.21 bits per heavy atom. The quantitative estimate of drug-likeness (QED) is 0.723. The number of hydrogen-bond donors (Lipinski definition) is 1. The normalized spacial score (nSPS) is 21.6. The zero-order chi connectivity index (χ0) is 9.97. The molecule has 2 N–H and O–H groups in total. The van der Waals surface area contributed by atoms with Gasteiger partial charge in [-0.05, 0) is 17.7 Å². The Labute approximate surface area is 82.7 Å². The number of hydrogen-bond acceptors (Lipinski definition) is 3. The van der Waals surface area contributed by atoms with Gasteiger partial charge in [0, 0.05) is 37.9 Å². The van der Waals surface area contributed by atoms with E-state index in [1.165, 1.54) is 0 Å². The van der Waals surface area contributed by atoms with Gasteiger partial charge in [0.25, 0.3) is 0 Å². The number of carbonyl (C=O) groups excluding carboxylic acids is 1. The summed E-state index contributed by atoms with van der Waals surface area (Å²) in [5, 5.41) is 0. The molecule has 1 aliphatic rings. The van der Waals surface area contributed by atoms with Crippen molar-refractivity contribution >= 4 is 5.91 Å². The van der Waals surface area contributed by atoms with E-state index in [1.807, 2.05) is 12.1 Å². The van der Waals surface area contributed by atoms with Crippen LogP contribution in [0.2, 0.25) is 0 Å². The van der Waals surface area contributed by atoms with Crippen LogP contribution >= 0.6 is 0 Å². The van der Waals surface area contributed by atoms with Crippen molar-refractivity contribution in [1.82, 2.24) is 9.88 Å². The van der Waals surface area contributed by atoms with E-state index in [4.69, 9.17) is 5.73 Å². The first-order valence-corrected chi connectivity index (χ1v) is 4.68. The van der Waals surface area contributed by atoms with Gasteiger partial charge in [-0.25, -0.2) is 0 Å². The van der Waals surface area contributed by atoms with Crippen molar-refractivity contribution in [3.63, 3.8) is 0 Å². The van der Waals surface area contributed by atoms with Gasteiger partial charge < -0.3 is 10.6 Å². The molecule has 1 fully saturated rings. The smallest absolute Gasteiger partial charge is 0.224 e. The summed E-state index contributed by atoms with van der Waals surface area (Å²) >= 11 is 0. The summed E-state index contributed by atoms with van der Waals surface area (Å²) in [6, 6.07) is 3.83. The first-order chi connectivity index (χ1) is 6.75. The number of pyridine rings is 1. The van der Waals surface area contributed by atoms with Gasteiger partial charge in [-0.3, -0.25) is 9.78 Å². The zero-order valence-corrected chi connectivity index (χ0v) is 7.89. The number of rotatable bonds is 2. The Bertz CT molecular complexity index is 325. The number of nitrogens with two attached hydrogens (primary N) is 1. The first kappa shape index (κ1) is 9.15. The number of nitrogens with zero attached hydrogens (tertiary/aromatic N) is 2. The largest absolute Gasteiger partial charge is 0.337 e. The maximum Gasteiger partial charge on any atom is 0.224 e. The van der Waals surface area contributed by atoms with Crippen LogP contribution in [0.4, 0.5) is 0 Å².